The number of benzene rings is 1. The number of fused-ring (bicyclic) bond motifs is 1. The first-order valence-corrected chi connectivity index (χ1v) is 6.69. The van der Waals surface area contributed by atoms with Crippen molar-refractivity contribution in [2.24, 2.45) is 0 Å². The molecule has 2 aromatic rings. The Morgan fingerprint density at radius 2 is 2.32 bits per heavy atom. The van der Waals surface area contributed by atoms with Gasteiger partial charge in [0.25, 0.3) is 0 Å². The van der Waals surface area contributed by atoms with Gasteiger partial charge >= 0.3 is 5.97 Å². The van der Waals surface area contributed by atoms with E-state index in [1.807, 2.05) is 18.2 Å². The highest BCUT2D eigenvalue weighted by Gasteiger charge is 2.19. The molecule has 1 atom stereocenters. The number of esters is 1. The highest BCUT2D eigenvalue weighted by atomic mass is 16.5. The van der Waals surface area contributed by atoms with Crippen LogP contribution in [0.25, 0.3) is 10.9 Å². The number of hydrogen-bond donors (Lipinski definition) is 2. The summed E-state index contributed by atoms with van der Waals surface area (Å²) in [5, 5.41) is 4.65. The van der Waals surface area contributed by atoms with Gasteiger partial charge in [-0.05, 0) is 43.0 Å². The molecule has 0 amide bonds. The normalized spacial score (nSPS) is 19.5. The van der Waals surface area contributed by atoms with Gasteiger partial charge in [-0.15, -0.1) is 0 Å². The molecule has 0 bridgehead atoms. The lowest BCUT2D eigenvalue weighted by atomic mass is 9.91. The second-order valence-electron chi connectivity index (χ2n) is 5.04. The summed E-state index contributed by atoms with van der Waals surface area (Å²) in [4.78, 5) is 14.8. The quantitative estimate of drug-likeness (QED) is 0.813. The monoisotopic (exact) mass is 258 g/mol. The third-order valence-electron chi connectivity index (χ3n) is 3.87. The molecule has 1 aliphatic heterocycles. The van der Waals surface area contributed by atoms with E-state index in [1.165, 1.54) is 30.9 Å². The van der Waals surface area contributed by atoms with E-state index in [0.717, 1.165) is 18.6 Å². The second-order valence-corrected chi connectivity index (χ2v) is 5.04. The molecule has 3 rings (SSSR count). The van der Waals surface area contributed by atoms with Crippen molar-refractivity contribution in [2.75, 3.05) is 20.2 Å². The number of carbonyl (C=O) groups excluding carboxylic acids is 1. The predicted molar refractivity (Wildman–Crippen MR) is 74.5 cm³/mol. The number of rotatable bonds is 2. The maximum atomic E-state index is 11.5. The zero-order chi connectivity index (χ0) is 13.2. The van der Waals surface area contributed by atoms with Crippen LogP contribution in [-0.4, -0.2) is 31.2 Å². The number of piperidine rings is 1. The van der Waals surface area contributed by atoms with Crippen molar-refractivity contribution in [3.8, 4) is 0 Å². The Kier molecular flexibility index (Phi) is 3.25. The fraction of sp³-hybridized carbons (Fsp3) is 0.400. The molecule has 1 fully saturated rings. The standard InChI is InChI=1S/C15H18N2O2/c1-19-15(18)10-4-5-12-13(9-17-14(12)7-10)11-3-2-6-16-8-11/h4-5,7,9,11,16-17H,2-3,6,8H2,1H3. The van der Waals surface area contributed by atoms with Crippen molar-refractivity contribution in [1.82, 2.24) is 10.3 Å². The third-order valence-corrected chi connectivity index (χ3v) is 3.87. The Bertz CT molecular complexity index is 597. The van der Waals surface area contributed by atoms with Crippen molar-refractivity contribution in [1.29, 1.82) is 0 Å². The SMILES string of the molecule is COC(=O)c1ccc2c(C3CCCNC3)c[nH]c2c1. The van der Waals surface area contributed by atoms with Gasteiger partial charge in [0.15, 0.2) is 0 Å². The van der Waals surface area contributed by atoms with Crippen LogP contribution >= 0.6 is 0 Å². The highest BCUT2D eigenvalue weighted by Crippen LogP contribution is 2.30. The summed E-state index contributed by atoms with van der Waals surface area (Å²) in [7, 11) is 1.40. The first-order valence-electron chi connectivity index (χ1n) is 6.69. The summed E-state index contributed by atoms with van der Waals surface area (Å²) in [6.07, 6.45) is 4.51. The molecule has 1 saturated heterocycles. The van der Waals surface area contributed by atoms with Crippen molar-refractivity contribution in [3.05, 3.63) is 35.5 Å². The fourth-order valence-corrected chi connectivity index (χ4v) is 2.85. The van der Waals surface area contributed by atoms with Crippen LogP contribution in [0.5, 0.6) is 0 Å². The van der Waals surface area contributed by atoms with E-state index in [2.05, 4.69) is 16.5 Å². The molecule has 1 aromatic heterocycles. The van der Waals surface area contributed by atoms with Gasteiger partial charge in [0, 0.05) is 23.6 Å². The van der Waals surface area contributed by atoms with Crippen LogP contribution in [0.15, 0.2) is 24.4 Å². The lowest BCUT2D eigenvalue weighted by Gasteiger charge is -2.22. The lowest BCUT2D eigenvalue weighted by Crippen LogP contribution is -2.28. The van der Waals surface area contributed by atoms with Crippen LogP contribution in [0, 0.1) is 0 Å². The number of aromatic amines is 1. The third kappa shape index (κ3) is 2.24. The van der Waals surface area contributed by atoms with Gasteiger partial charge in [0.1, 0.15) is 0 Å². The molecule has 2 heterocycles. The minimum atomic E-state index is -0.294. The van der Waals surface area contributed by atoms with Crippen LogP contribution in [0.1, 0.15) is 34.7 Å². The molecule has 4 heteroatoms. The topological polar surface area (TPSA) is 54.1 Å². The maximum absolute atomic E-state index is 11.5. The average Bonchev–Trinajstić information content (AvgIpc) is 2.90. The van der Waals surface area contributed by atoms with E-state index in [0.29, 0.717) is 11.5 Å². The van der Waals surface area contributed by atoms with Crippen molar-refractivity contribution in [3.63, 3.8) is 0 Å². The Labute approximate surface area is 112 Å². The molecule has 0 radical (unpaired) electrons. The zero-order valence-corrected chi connectivity index (χ0v) is 11.0. The lowest BCUT2D eigenvalue weighted by molar-refractivity contribution is 0.0601. The summed E-state index contributed by atoms with van der Waals surface area (Å²) in [6.45, 7) is 2.15. The summed E-state index contributed by atoms with van der Waals surface area (Å²) in [6, 6.07) is 5.71. The molecule has 1 aromatic carbocycles. The summed E-state index contributed by atoms with van der Waals surface area (Å²) in [5.74, 6) is 0.267. The Hall–Kier alpha value is -1.81. The molecule has 4 nitrogen and oxygen atoms in total. The van der Waals surface area contributed by atoms with Gasteiger partial charge in [0.05, 0.1) is 12.7 Å². The van der Waals surface area contributed by atoms with E-state index in [-0.39, 0.29) is 5.97 Å². The maximum Gasteiger partial charge on any atom is 0.337 e. The largest absolute Gasteiger partial charge is 0.465 e. The average molecular weight is 258 g/mol. The summed E-state index contributed by atoms with van der Waals surface area (Å²) < 4.78 is 4.75. The minimum absolute atomic E-state index is 0.294. The van der Waals surface area contributed by atoms with Gasteiger partial charge in [-0.1, -0.05) is 6.07 Å². The van der Waals surface area contributed by atoms with Crippen molar-refractivity contribution >= 4 is 16.9 Å². The molecule has 19 heavy (non-hydrogen) atoms. The molecule has 0 saturated carbocycles. The van der Waals surface area contributed by atoms with Gasteiger partial charge in [-0.3, -0.25) is 0 Å². The molecular weight excluding hydrogens is 240 g/mol. The van der Waals surface area contributed by atoms with Gasteiger partial charge < -0.3 is 15.0 Å². The number of methoxy groups -OCH3 is 1. The van der Waals surface area contributed by atoms with Crippen molar-refractivity contribution in [2.45, 2.75) is 18.8 Å². The van der Waals surface area contributed by atoms with E-state index in [4.69, 9.17) is 4.74 Å². The minimum Gasteiger partial charge on any atom is -0.465 e. The fourth-order valence-electron chi connectivity index (χ4n) is 2.85. The van der Waals surface area contributed by atoms with Crippen LogP contribution < -0.4 is 5.32 Å². The molecule has 2 N–H and O–H groups in total. The van der Waals surface area contributed by atoms with Gasteiger partial charge in [-0.25, -0.2) is 4.79 Å². The molecule has 100 valence electrons. The van der Waals surface area contributed by atoms with Gasteiger partial charge in [0.2, 0.25) is 0 Å². The Balaban J connectivity index is 1.97. The first kappa shape index (κ1) is 12.2. The number of ether oxygens (including phenoxy) is 1. The van der Waals surface area contributed by atoms with Crippen LogP contribution in [0.4, 0.5) is 0 Å². The molecular formula is C15H18N2O2. The smallest absolute Gasteiger partial charge is 0.337 e. The zero-order valence-electron chi connectivity index (χ0n) is 11.0. The predicted octanol–water partition coefficient (Wildman–Crippen LogP) is 2.42. The molecule has 0 aliphatic carbocycles. The Morgan fingerprint density at radius 1 is 1.42 bits per heavy atom. The van der Waals surface area contributed by atoms with Crippen LogP contribution in [-0.2, 0) is 4.74 Å². The van der Waals surface area contributed by atoms with E-state index < -0.39 is 0 Å². The van der Waals surface area contributed by atoms with E-state index in [1.54, 1.807) is 0 Å². The number of aromatic nitrogens is 1. The molecule has 0 spiro atoms. The Morgan fingerprint density at radius 3 is 3.05 bits per heavy atom. The summed E-state index contributed by atoms with van der Waals surface area (Å²) >= 11 is 0. The van der Waals surface area contributed by atoms with Crippen LogP contribution in [0.3, 0.4) is 0 Å². The number of H-pyrrole nitrogens is 1. The first-order chi connectivity index (χ1) is 9.29. The molecule has 1 aliphatic rings. The van der Waals surface area contributed by atoms with Crippen molar-refractivity contribution < 1.29 is 9.53 Å². The number of nitrogens with one attached hydrogen (secondary N) is 2. The second kappa shape index (κ2) is 5.05. The van der Waals surface area contributed by atoms with Gasteiger partial charge in [-0.2, -0.15) is 0 Å². The van der Waals surface area contributed by atoms with E-state index in [9.17, 15) is 4.79 Å². The highest BCUT2D eigenvalue weighted by molar-refractivity contribution is 5.95. The van der Waals surface area contributed by atoms with E-state index >= 15 is 0 Å². The number of carbonyl (C=O) groups is 1. The van der Waals surface area contributed by atoms with Crippen LogP contribution in [0.2, 0.25) is 0 Å². The molecule has 1 unspecified atom stereocenters. The summed E-state index contributed by atoms with van der Waals surface area (Å²) in [5.41, 5.74) is 2.94. The number of hydrogen-bond acceptors (Lipinski definition) is 3.